The number of nitrogens with two attached hydrogens (primary N) is 1. The molecule has 0 radical (unpaired) electrons. The molecule has 42 heavy (non-hydrogen) atoms. The van der Waals surface area contributed by atoms with E-state index in [4.69, 9.17) is 58.3 Å². The first kappa shape index (κ1) is 34.3. The summed E-state index contributed by atoms with van der Waals surface area (Å²) in [5.74, 6) is -4.53. The number of fused-ring (bicyclic) bond motifs is 2. The van der Waals surface area contributed by atoms with Crippen LogP contribution in [0.1, 0.15) is 33.6 Å². The van der Waals surface area contributed by atoms with Gasteiger partial charge in [-0.1, -0.05) is 0 Å². The number of methoxy groups -OCH3 is 3. The van der Waals surface area contributed by atoms with Gasteiger partial charge in [-0.2, -0.15) is 13.2 Å². The Balaban J connectivity index is 0.000000616. The van der Waals surface area contributed by atoms with E-state index in [9.17, 15) is 22.8 Å². The lowest BCUT2D eigenvalue weighted by Gasteiger charge is -2.31. The summed E-state index contributed by atoms with van der Waals surface area (Å²) in [7, 11) is 4.31. The summed E-state index contributed by atoms with van der Waals surface area (Å²) in [6, 6.07) is -1.50. The minimum Gasteiger partial charge on any atom is -0.475 e. The molecule has 4 N–H and O–H groups in total. The fraction of sp³-hybridized carbons (Fsp3) is 0.875. The Labute approximate surface area is 239 Å². The highest BCUT2D eigenvalue weighted by Crippen LogP contribution is 2.40. The number of ether oxygens (including phenoxy) is 9. The van der Waals surface area contributed by atoms with Crippen molar-refractivity contribution in [3.05, 3.63) is 0 Å². The van der Waals surface area contributed by atoms with Gasteiger partial charge in [-0.3, -0.25) is 9.59 Å². The maximum absolute atomic E-state index is 13.0. The van der Waals surface area contributed by atoms with Crippen LogP contribution in [0.25, 0.3) is 0 Å². The van der Waals surface area contributed by atoms with Crippen molar-refractivity contribution in [2.45, 2.75) is 113 Å². The van der Waals surface area contributed by atoms with E-state index in [-0.39, 0.29) is 12.8 Å². The predicted octanol–water partition coefficient (Wildman–Crippen LogP) is -0.222. The lowest BCUT2D eigenvalue weighted by atomic mass is 9.98. The number of hydrogen-bond donors (Lipinski definition) is 3. The molecule has 0 spiro atoms. The van der Waals surface area contributed by atoms with Crippen LogP contribution in [0.2, 0.25) is 0 Å². The van der Waals surface area contributed by atoms with E-state index in [1.807, 2.05) is 0 Å². The second-order valence-corrected chi connectivity index (χ2v) is 10.4. The molecule has 0 aromatic heterocycles. The molecule has 4 saturated heterocycles. The van der Waals surface area contributed by atoms with Crippen LogP contribution in [-0.4, -0.2) is 124 Å². The molecular formula is C24H37F3N2O13. The third-order valence-electron chi connectivity index (χ3n) is 6.90. The topological polar surface area (TPSA) is 193 Å². The molecule has 4 rings (SSSR count). The van der Waals surface area contributed by atoms with Crippen LogP contribution in [0, 0.1) is 0 Å². The molecule has 0 aromatic rings. The number of carboxylic acids is 1. The largest absolute Gasteiger partial charge is 0.490 e. The number of alkyl halides is 3. The van der Waals surface area contributed by atoms with Crippen LogP contribution in [0.4, 0.5) is 13.2 Å². The SMILES string of the molecule is COC(=O)CC(NC(=O)CC(N)[C@@H]1O[C@@H]2OC(C)O[C@@H]2[C@H]1OC)[C@@H]1O[C@@H]2OC(C)(C)O[C@@H]2[C@H]1OC.O=C(O)C(F)(F)F. The molecular weight excluding hydrogens is 581 g/mol. The van der Waals surface area contributed by atoms with E-state index in [2.05, 4.69) is 5.32 Å². The molecule has 4 aliphatic heterocycles. The summed E-state index contributed by atoms with van der Waals surface area (Å²) in [6.07, 6.45) is -10.4. The molecule has 0 saturated carbocycles. The maximum atomic E-state index is 13.0. The van der Waals surface area contributed by atoms with E-state index >= 15 is 0 Å². The van der Waals surface area contributed by atoms with E-state index in [0.29, 0.717) is 0 Å². The normalized spacial score (nSPS) is 36.3. The number of aliphatic carboxylic acids is 1. The van der Waals surface area contributed by atoms with Crippen LogP contribution < -0.4 is 11.1 Å². The first-order chi connectivity index (χ1) is 19.5. The molecule has 0 aromatic carbocycles. The van der Waals surface area contributed by atoms with Gasteiger partial charge in [0.25, 0.3) is 0 Å². The van der Waals surface area contributed by atoms with Crippen molar-refractivity contribution in [3.8, 4) is 0 Å². The number of amides is 1. The molecule has 4 fully saturated rings. The van der Waals surface area contributed by atoms with Gasteiger partial charge < -0.3 is 58.8 Å². The van der Waals surface area contributed by atoms with Gasteiger partial charge in [-0.15, -0.1) is 0 Å². The number of hydrogen-bond acceptors (Lipinski definition) is 13. The van der Waals surface area contributed by atoms with Gasteiger partial charge in [0, 0.05) is 26.7 Å². The molecule has 1 amide bonds. The zero-order valence-corrected chi connectivity index (χ0v) is 23.8. The second kappa shape index (κ2) is 13.6. The highest BCUT2D eigenvalue weighted by Gasteiger charge is 2.58. The number of carboxylic acid groups (broad SMARTS) is 1. The van der Waals surface area contributed by atoms with Gasteiger partial charge in [-0.05, 0) is 20.8 Å². The number of carbonyl (C=O) groups is 3. The highest BCUT2D eigenvalue weighted by atomic mass is 19.4. The Hall–Kier alpha value is -2.16. The van der Waals surface area contributed by atoms with Crippen LogP contribution in [0.3, 0.4) is 0 Å². The smallest absolute Gasteiger partial charge is 0.475 e. The number of rotatable bonds is 9. The molecule has 0 aliphatic carbocycles. The Bertz CT molecular complexity index is 970. The van der Waals surface area contributed by atoms with Crippen LogP contribution >= 0.6 is 0 Å². The molecule has 15 nitrogen and oxygen atoms in total. The zero-order chi connectivity index (χ0) is 31.6. The molecule has 242 valence electrons. The van der Waals surface area contributed by atoms with Gasteiger partial charge in [0.2, 0.25) is 5.91 Å². The summed E-state index contributed by atoms with van der Waals surface area (Å²) in [5.41, 5.74) is 6.33. The minimum absolute atomic E-state index is 0.103. The molecule has 3 unspecified atom stereocenters. The Morgan fingerprint density at radius 1 is 0.929 bits per heavy atom. The zero-order valence-electron chi connectivity index (χ0n) is 23.8. The van der Waals surface area contributed by atoms with Gasteiger partial charge in [0.1, 0.15) is 36.6 Å². The monoisotopic (exact) mass is 618 g/mol. The number of nitrogens with one attached hydrogen (secondary N) is 1. The summed E-state index contributed by atoms with van der Waals surface area (Å²) < 4.78 is 82.6. The van der Waals surface area contributed by atoms with Crippen LogP contribution in [0.5, 0.6) is 0 Å². The van der Waals surface area contributed by atoms with E-state index in [0.717, 1.165) is 0 Å². The standard InChI is InChI=1S/C22H36N2O11.C2HF3O2/c1-9-30-18-16(28-5)14(32-20(18)31-9)10(23)7-12(25)24-11(8-13(26)27-4)15-17(29-6)19-21(33-15)35-22(2,3)34-19;3-2(4,5)1(6)7/h9-11,14-21H,7-8,23H2,1-6H3,(H,24,25);(H,6,7)/t9?,10?,11?,14-,15-,16-,17-,18+,19+,20-,21+;/m0./s1. The second-order valence-electron chi connectivity index (χ2n) is 10.4. The molecule has 0 bridgehead atoms. The van der Waals surface area contributed by atoms with Gasteiger partial charge in [0.15, 0.2) is 24.7 Å². The third kappa shape index (κ3) is 8.06. The fourth-order valence-corrected chi connectivity index (χ4v) is 5.16. The lowest BCUT2D eigenvalue weighted by molar-refractivity contribution is -0.220. The fourth-order valence-electron chi connectivity index (χ4n) is 5.16. The van der Waals surface area contributed by atoms with Crippen molar-refractivity contribution >= 4 is 17.8 Å². The summed E-state index contributed by atoms with van der Waals surface area (Å²) >= 11 is 0. The number of carbonyl (C=O) groups excluding carboxylic acids is 2. The van der Waals surface area contributed by atoms with Crippen molar-refractivity contribution < 1.29 is 75.3 Å². The maximum Gasteiger partial charge on any atom is 0.490 e. The summed E-state index contributed by atoms with van der Waals surface area (Å²) in [6.45, 7) is 5.31. The van der Waals surface area contributed by atoms with Crippen LogP contribution in [-0.2, 0) is 57.0 Å². The molecule has 11 atom stereocenters. The Kier molecular flexibility index (Phi) is 11.2. The van der Waals surface area contributed by atoms with Gasteiger partial charge in [0.05, 0.1) is 19.6 Å². The summed E-state index contributed by atoms with van der Waals surface area (Å²) in [5, 5.41) is 9.97. The molecule has 4 heterocycles. The lowest BCUT2D eigenvalue weighted by Crippen LogP contribution is -2.53. The average molecular weight is 619 g/mol. The van der Waals surface area contributed by atoms with Gasteiger partial charge in [-0.25, -0.2) is 4.79 Å². The predicted molar refractivity (Wildman–Crippen MR) is 129 cm³/mol. The summed E-state index contributed by atoms with van der Waals surface area (Å²) in [4.78, 5) is 34.1. The van der Waals surface area contributed by atoms with E-state index in [1.54, 1.807) is 20.8 Å². The van der Waals surface area contributed by atoms with Crippen LogP contribution in [0.15, 0.2) is 0 Å². The van der Waals surface area contributed by atoms with E-state index in [1.165, 1.54) is 21.3 Å². The molecule has 4 aliphatic rings. The average Bonchev–Trinajstić information content (AvgIpc) is 3.58. The van der Waals surface area contributed by atoms with Crippen molar-refractivity contribution in [1.82, 2.24) is 5.32 Å². The quantitative estimate of drug-likeness (QED) is 0.287. The Morgan fingerprint density at radius 2 is 1.50 bits per heavy atom. The first-order valence-corrected chi connectivity index (χ1v) is 13.0. The molecule has 18 heteroatoms. The van der Waals surface area contributed by atoms with Crippen molar-refractivity contribution in [2.75, 3.05) is 21.3 Å². The third-order valence-corrected chi connectivity index (χ3v) is 6.90. The number of esters is 1. The highest BCUT2D eigenvalue weighted by molar-refractivity contribution is 5.78. The minimum atomic E-state index is -5.08. The van der Waals surface area contributed by atoms with Crippen molar-refractivity contribution in [2.24, 2.45) is 5.73 Å². The van der Waals surface area contributed by atoms with Gasteiger partial charge >= 0.3 is 18.1 Å². The Morgan fingerprint density at radius 3 is 2.05 bits per heavy atom. The number of halogens is 3. The van der Waals surface area contributed by atoms with Crippen molar-refractivity contribution in [3.63, 3.8) is 0 Å². The van der Waals surface area contributed by atoms with Crippen molar-refractivity contribution in [1.29, 1.82) is 0 Å². The first-order valence-electron chi connectivity index (χ1n) is 13.0. The van der Waals surface area contributed by atoms with E-state index < -0.39 is 97.4 Å².